The molecule has 7 heteroatoms. The van der Waals surface area contributed by atoms with E-state index in [-0.39, 0.29) is 5.54 Å². The minimum absolute atomic E-state index is 0.0247. The van der Waals surface area contributed by atoms with Gasteiger partial charge in [-0.2, -0.15) is 0 Å². The highest BCUT2D eigenvalue weighted by molar-refractivity contribution is 8.01. The normalized spacial score (nSPS) is 11.8. The third-order valence-corrected chi connectivity index (χ3v) is 4.49. The monoisotopic (exact) mass is 317 g/mol. The van der Waals surface area contributed by atoms with Crippen LogP contribution in [0.4, 0.5) is 5.13 Å². The van der Waals surface area contributed by atoms with E-state index >= 15 is 0 Å². The second-order valence-corrected chi connectivity index (χ2v) is 7.76. The van der Waals surface area contributed by atoms with Crippen LogP contribution in [0, 0.1) is 0 Å². The Balaban J connectivity index is 1.86. The van der Waals surface area contributed by atoms with Gasteiger partial charge in [-0.3, -0.25) is 0 Å². The van der Waals surface area contributed by atoms with Gasteiger partial charge in [0.15, 0.2) is 4.34 Å². The van der Waals surface area contributed by atoms with Crippen LogP contribution in [-0.2, 0) is 0 Å². The highest BCUT2D eigenvalue weighted by Crippen LogP contribution is 2.34. The lowest BCUT2D eigenvalue weighted by molar-refractivity contribution is 0.631. The van der Waals surface area contributed by atoms with E-state index < -0.39 is 0 Å². The second kappa shape index (κ2) is 5.57. The van der Waals surface area contributed by atoms with Gasteiger partial charge in [-0.1, -0.05) is 29.5 Å². The first-order valence-corrected chi connectivity index (χ1v) is 8.14. The Hall–Kier alpha value is -1.73. The van der Waals surface area contributed by atoms with E-state index in [2.05, 4.69) is 46.3 Å². The fourth-order valence-corrected chi connectivity index (χ4v) is 3.72. The Morgan fingerprint density at radius 2 is 1.90 bits per heavy atom. The van der Waals surface area contributed by atoms with Crippen molar-refractivity contribution in [1.29, 1.82) is 0 Å². The fraction of sp³-hybridized carbons (Fsp3) is 0.286. The van der Waals surface area contributed by atoms with Crippen molar-refractivity contribution in [3.63, 3.8) is 0 Å². The molecule has 0 radical (unpaired) electrons. The van der Waals surface area contributed by atoms with Crippen LogP contribution in [0.5, 0.6) is 0 Å². The van der Waals surface area contributed by atoms with Gasteiger partial charge in [-0.25, -0.2) is 9.97 Å². The number of nitrogens with one attached hydrogen (secondary N) is 1. The Bertz CT molecular complexity index is 758. The van der Waals surface area contributed by atoms with Gasteiger partial charge in [-0.15, -0.1) is 10.2 Å². The molecule has 0 saturated carbocycles. The second-order valence-electron chi connectivity index (χ2n) is 5.55. The Labute approximate surface area is 131 Å². The fourth-order valence-electron chi connectivity index (χ4n) is 1.77. The molecule has 21 heavy (non-hydrogen) atoms. The van der Waals surface area contributed by atoms with Crippen molar-refractivity contribution in [2.24, 2.45) is 0 Å². The van der Waals surface area contributed by atoms with E-state index in [9.17, 15) is 0 Å². The Morgan fingerprint density at radius 3 is 2.71 bits per heavy atom. The van der Waals surface area contributed by atoms with Crippen LogP contribution >= 0.6 is 23.1 Å². The molecule has 1 N–H and O–H groups in total. The maximum atomic E-state index is 4.36. The van der Waals surface area contributed by atoms with E-state index in [1.807, 2.05) is 24.3 Å². The summed E-state index contributed by atoms with van der Waals surface area (Å²) in [6.45, 7) is 6.29. The molecule has 0 saturated heterocycles. The molecule has 0 aliphatic rings. The summed E-state index contributed by atoms with van der Waals surface area (Å²) in [6.07, 6.45) is 1.58. The summed E-state index contributed by atoms with van der Waals surface area (Å²) < 4.78 is 0.866. The lowest BCUT2D eigenvalue weighted by atomic mass is 10.1. The molecule has 0 aliphatic heterocycles. The molecule has 0 unspecified atom stereocenters. The summed E-state index contributed by atoms with van der Waals surface area (Å²) >= 11 is 3.05. The van der Waals surface area contributed by atoms with E-state index in [0.717, 1.165) is 25.4 Å². The van der Waals surface area contributed by atoms with Gasteiger partial charge < -0.3 is 5.32 Å². The Morgan fingerprint density at radius 1 is 1.10 bits per heavy atom. The summed E-state index contributed by atoms with van der Waals surface area (Å²) in [7, 11) is 0. The number of hydrogen-bond acceptors (Lipinski definition) is 7. The number of para-hydroxylation sites is 1. The van der Waals surface area contributed by atoms with Crippen LogP contribution in [0.25, 0.3) is 10.9 Å². The van der Waals surface area contributed by atoms with Crippen molar-refractivity contribution < 1.29 is 0 Å². The van der Waals surface area contributed by atoms with Crippen molar-refractivity contribution in [3.05, 3.63) is 30.6 Å². The largest absolute Gasteiger partial charge is 0.355 e. The summed E-state index contributed by atoms with van der Waals surface area (Å²) in [5, 5.41) is 14.5. The number of aromatic nitrogens is 4. The lowest BCUT2D eigenvalue weighted by Gasteiger charge is -2.18. The summed E-state index contributed by atoms with van der Waals surface area (Å²) in [4.78, 5) is 8.62. The van der Waals surface area contributed by atoms with Gasteiger partial charge in [0.05, 0.1) is 5.52 Å². The molecule has 2 heterocycles. The van der Waals surface area contributed by atoms with E-state index in [4.69, 9.17) is 0 Å². The molecule has 0 bridgehead atoms. The summed E-state index contributed by atoms with van der Waals surface area (Å²) in [5.74, 6) is 0. The van der Waals surface area contributed by atoms with Gasteiger partial charge in [0.2, 0.25) is 5.13 Å². The quantitative estimate of drug-likeness (QED) is 0.740. The average Bonchev–Trinajstić information content (AvgIpc) is 2.84. The zero-order valence-electron chi connectivity index (χ0n) is 12.0. The molecule has 1 aromatic carbocycles. The van der Waals surface area contributed by atoms with Crippen molar-refractivity contribution in [2.75, 3.05) is 5.32 Å². The molecule has 3 aromatic rings. The predicted octanol–water partition coefficient (Wildman–Crippen LogP) is 3.84. The predicted molar refractivity (Wildman–Crippen MR) is 86.9 cm³/mol. The standard InChI is InChI=1S/C14H15N5S2/c1-14(2,3)17-12-18-19-13(21-12)20-11-9-6-4-5-7-10(9)15-8-16-11/h4-8H,1-3H3,(H,17,18). The van der Waals surface area contributed by atoms with Gasteiger partial charge in [-0.05, 0) is 38.6 Å². The van der Waals surface area contributed by atoms with Crippen LogP contribution in [-0.4, -0.2) is 25.7 Å². The highest BCUT2D eigenvalue weighted by atomic mass is 32.2. The van der Waals surface area contributed by atoms with Crippen molar-refractivity contribution >= 4 is 39.1 Å². The van der Waals surface area contributed by atoms with Crippen LogP contribution < -0.4 is 5.32 Å². The smallest absolute Gasteiger partial charge is 0.206 e. The van der Waals surface area contributed by atoms with Crippen molar-refractivity contribution in [2.45, 2.75) is 35.7 Å². The third-order valence-electron chi connectivity index (χ3n) is 2.58. The van der Waals surface area contributed by atoms with Crippen LogP contribution in [0.15, 0.2) is 40.0 Å². The molecule has 0 spiro atoms. The maximum absolute atomic E-state index is 4.36. The van der Waals surface area contributed by atoms with Crippen LogP contribution in [0.1, 0.15) is 20.8 Å². The van der Waals surface area contributed by atoms with Crippen LogP contribution in [0.3, 0.4) is 0 Å². The number of rotatable bonds is 3. The number of benzene rings is 1. The van der Waals surface area contributed by atoms with Gasteiger partial charge in [0.1, 0.15) is 11.4 Å². The number of anilines is 1. The minimum atomic E-state index is -0.0247. The molecule has 2 aromatic heterocycles. The molecule has 5 nitrogen and oxygen atoms in total. The van der Waals surface area contributed by atoms with Crippen molar-refractivity contribution in [3.8, 4) is 0 Å². The highest BCUT2D eigenvalue weighted by Gasteiger charge is 2.14. The zero-order valence-corrected chi connectivity index (χ0v) is 13.6. The molecule has 108 valence electrons. The molecule has 3 rings (SSSR count). The number of hydrogen-bond donors (Lipinski definition) is 1. The SMILES string of the molecule is CC(C)(C)Nc1nnc(Sc2ncnc3ccccc23)s1. The first-order valence-electron chi connectivity index (χ1n) is 6.50. The van der Waals surface area contributed by atoms with E-state index in [1.54, 1.807) is 6.33 Å². The molecule has 0 fully saturated rings. The summed E-state index contributed by atoms with van der Waals surface area (Å²) in [5.41, 5.74) is 0.913. The van der Waals surface area contributed by atoms with Gasteiger partial charge in [0.25, 0.3) is 0 Å². The van der Waals surface area contributed by atoms with E-state index in [1.165, 1.54) is 23.1 Å². The number of fused-ring (bicyclic) bond motifs is 1. The Kier molecular flexibility index (Phi) is 3.77. The molecular weight excluding hydrogens is 302 g/mol. The first-order chi connectivity index (χ1) is 10.0. The molecule has 0 aliphatic carbocycles. The molecular formula is C14H15N5S2. The first kappa shape index (κ1) is 14.2. The topological polar surface area (TPSA) is 63.6 Å². The molecule has 0 atom stereocenters. The minimum Gasteiger partial charge on any atom is -0.355 e. The average molecular weight is 317 g/mol. The summed E-state index contributed by atoms with van der Waals surface area (Å²) in [6, 6.07) is 7.96. The van der Waals surface area contributed by atoms with Crippen molar-refractivity contribution in [1.82, 2.24) is 20.2 Å². The van der Waals surface area contributed by atoms with E-state index in [0.29, 0.717) is 0 Å². The van der Waals surface area contributed by atoms with Crippen LogP contribution in [0.2, 0.25) is 0 Å². The molecule has 0 amide bonds. The van der Waals surface area contributed by atoms with Gasteiger partial charge in [0, 0.05) is 10.9 Å². The third kappa shape index (κ3) is 3.48. The lowest BCUT2D eigenvalue weighted by Crippen LogP contribution is -2.25. The number of nitrogens with zero attached hydrogens (tertiary/aromatic N) is 4. The van der Waals surface area contributed by atoms with Gasteiger partial charge >= 0.3 is 0 Å². The maximum Gasteiger partial charge on any atom is 0.206 e. The zero-order chi connectivity index (χ0) is 14.9.